The first-order valence-electron chi connectivity index (χ1n) is 3.07. The minimum absolute atomic E-state index is 0. The summed E-state index contributed by atoms with van der Waals surface area (Å²) in [6.07, 6.45) is 0. The SMILES string of the molecule is Cl.Cl.O=S1(=O)Nc2ccccc2N1. The highest BCUT2D eigenvalue weighted by molar-refractivity contribution is 7.94. The summed E-state index contributed by atoms with van der Waals surface area (Å²) in [6, 6.07) is 6.95. The van der Waals surface area contributed by atoms with Gasteiger partial charge in [-0.1, -0.05) is 12.1 Å². The van der Waals surface area contributed by atoms with Gasteiger partial charge >= 0.3 is 10.2 Å². The maximum Gasteiger partial charge on any atom is 0.321 e. The van der Waals surface area contributed by atoms with Gasteiger partial charge in [0, 0.05) is 0 Å². The molecule has 0 amide bonds. The van der Waals surface area contributed by atoms with Crippen LogP contribution in [0, 0.1) is 0 Å². The molecule has 0 unspecified atom stereocenters. The first kappa shape index (κ1) is 12.3. The molecule has 0 radical (unpaired) electrons. The Kier molecular flexibility index (Phi) is 3.84. The van der Waals surface area contributed by atoms with Crippen molar-refractivity contribution in [1.29, 1.82) is 0 Å². The summed E-state index contributed by atoms with van der Waals surface area (Å²) in [5.41, 5.74) is 1.21. The lowest BCUT2D eigenvalue weighted by molar-refractivity contribution is 0.607. The molecule has 13 heavy (non-hydrogen) atoms. The lowest BCUT2D eigenvalue weighted by Gasteiger charge is -1.90. The third-order valence-electron chi connectivity index (χ3n) is 1.42. The minimum Gasteiger partial charge on any atom is -0.265 e. The van der Waals surface area contributed by atoms with Gasteiger partial charge in [-0.05, 0) is 12.1 Å². The fourth-order valence-electron chi connectivity index (χ4n) is 0.976. The fourth-order valence-corrected chi connectivity index (χ4v) is 1.96. The average molecular weight is 243 g/mol. The molecule has 0 aliphatic carbocycles. The van der Waals surface area contributed by atoms with Crippen LogP contribution in [0.4, 0.5) is 11.4 Å². The topological polar surface area (TPSA) is 58.2 Å². The van der Waals surface area contributed by atoms with Crippen LogP contribution in [0.25, 0.3) is 0 Å². The number of halogens is 2. The molecule has 0 bridgehead atoms. The molecule has 1 heterocycles. The Morgan fingerprint density at radius 2 is 1.31 bits per heavy atom. The number of anilines is 2. The van der Waals surface area contributed by atoms with Gasteiger partial charge in [-0.3, -0.25) is 9.44 Å². The summed E-state index contributed by atoms with van der Waals surface area (Å²) in [5.74, 6) is 0. The van der Waals surface area contributed by atoms with Gasteiger partial charge in [0.25, 0.3) is 0 Å². The maximum atomic E-state index is 10.9. The number of benzene rings is 1. The summed E-state index contributed by atoms with van der Waals surface area (Å²) in [4.78, 5) is 0. The zero-order chi connectivity index (χ0) is 7.90. The molecule has 0 saturated heterocycles. The Morgan fingerprint density at radius 3 is 1.69 bits per heavy atom. The molecule has 7 heteroatoms. The third-order valence-corrected chi connectivity index (χ3v) is 2.39. The smallest absolute Gasteiger partial charge is 0.265 e. The average Bonchev–Trinajstić information content (AvgIpc) is 2.21. The quantitative estimate of drug-likeness (QED) is 0.727. The van der Waals surface area contributed by atoms with Gasteiger partial charge in [0.05, 0.1) is 11.4 Å². The molecule has 2 N–H and O–H groups in total. The molecule has 1 aliphatic rings. The molecule has 0 aromatic heterocycles. The Hall–Kier alpha value is -0.650. The van der Waals surface area contributed by atoms with Crippen molar-refractivity contribution in [2.24, 2.45) is 0 Å². The van der Waals surface area contributed by atoms with Crippen LogP contribution in [0.15, 0.2) is 24.3 Å². The summed E-state index contributed by atoms with van der Waals surface area (Å²) in [6.45, 7) is 0. The summed E-state index contributed by atoms with van der Waals surface area (Å²) in [5, 5.41) is 0. The van der Waals surface area contributed by atoms with Crippen molar-refractivity contribution in [3.63, 3.8) is 0 Å². The highest BCUT2D eigenvalue weighted by atomic mass is 35.5. The van der Waals surface area contributed by atoms with Crippen LogP contribution < -0.4 is 9.44 Å². The number of nitrogens with one attached hydrogen (secondary N) is 2. The zero-order valence-electron chi connectivity index (χ0n) is 6.35. The van der Waals surface area contributed by atoms with Crippen LogP contribution in [-0.2, 0) is 10.2 Å². The van der Waals surface area contributed by atoms with Gasteiger partial charge in [-0.15, -0.1) is 24.8 Å². The molecule has 4 nitrogen and oxygen atoms in total. The van der Waals surface area contributed by atoms with Crippen LogP contribution in [0.2, 0.25) is 0 Å². The van der Waals surface area contributed by atoms with E-state index >= 15 is 0 Å². The predicted molar refractivity (Wildman–Crippen MR) is 57.1 cm³/mol. The van der Waals surface area contributed by atoms with E-state index in [1.807, 2.05) is 0 Å². The molecule has 0 spiro atoms. The van der Waals surface area contributed by atoms with E-state index in [-0.39, 0.29) is 24.8 Å². The normalized spacial score (nSPS) is 15.4. The van der Waals surface area contributed by atoms with E-state index in [1.54, 1.807) is 24.3 Å². The van der Waals surface area contributed by atoms with E-state index in [1.165, 1.54) is 0 Å². The van der Waals surface area contributed by atoms with Crippen LogP contribution >= 0.6 is 24.8 Å². The summed E-state index contributed by atoms with van der Waals surface area (Å²) >= 11 is 0. The van der Waals surface area contributed by atoms with E-state index in [0.717, 1.165) is 0 Å². The third kappa shape index (κ3) is 2.40. The first-order valence-corrected chi connectivity index (χ1v) is 4.55. The van der Waals surface area contributed by atoms with Gasteiger partial charge in [-0.25, -0.2) is 0 Å². The maximum absolute atomic E-state index is 10.9. The summed E-state index contributed by atoms with van der Waals surface area (Å²) in [7, 11) is -3.31. The van der Waals surface area contributed by atoms with Crippen molar-refractivity contribution in [2.45, 2.75) is 0 Å². The van der Waals surface area contributed by atoms with Gasteiger partial charge in [0.2, 0.25) is 0 Å². The second kappa shape index (κ2) is 4.04. The molecule has 74 valence electrons. The van der Waals surface area contributed by atoms with Crippen LogP contribution in [0.5, 0.6) is 0 Å². The lowest BCUT2D eigenvalue weighted by Crippen LogP contribution is -2.12. The second-order valence-corrected chi connectivity index (χ2v) is 3.67. The Bertz CT molecular complexity index is 362. The second-order valence-electron chi connectivity index (χ2n) is 2.25. The van der Waals surface area contributed by atoms with Gasteiger partial charge in [0.1, 0.15) is 0 Å². The molecule has 0 saturated carbocycles. The Balaban J connectivity index is 0.000000720. The molecule has 1 aliphatic heterocycles. The molecular formula is C6H8Cl2N2O2S. The number of rotatable bonds is 0. The van der Waals surface area contributed by atoms with Gasteiger partial charge in [-0.2, -0.15) is 8.42 Å². The minimum atomic E-state index is -3.31. The van der Waals surface area contributed by atoms with Crippen molar-refractivity contribution in [2.75, 3.05) is 9.44 Å². The largest absolute Gasteiger partial charge is 0.321 e. The van der Waals surface area contributed by atoms with Crippen molar-refractivity contribution in [3.05, 3.63) is 24.3 Å². The van der Waals surface area contributed by atoms with E-state index in [4.69, 9.17) is 0 Å². The number of fused-ring (bicyclic) bond motifs is 1. The molecule has 0 atom stereocenters. The van der Waals surface area contributed by atoms with Crippen LogP contribution in [0.3, 0.4) is 0 Å². The van der Waals surface area contributed by atoms with E-state index in [2.05, 4.69) is 9.44 Å². The van der Waals surface area contributed by atoms with E-state index in [0.29, 0.717) is 11.4 Å². The molecule has 1 aromatic rings. The van der Waals surface area contributed by atoms with Crippen LogP contribution in [-0.4, -0.2) is 8.42 Å². The van der Waals surface area contributed by atoms with Crippen molar-refractivity contribution < 1.29 is 8.42 Å². The van der Waals surface area contributed by atoms with Crippen molar-refractivity contribution >= 4 is 46.4 Å². The van der Waals surface area contributed by atoms with Crippen molar-refractivity contribution in [3.8, 4) is 0 Å². The lowest BCUT2D eigenvalue weighted by atomic mass is 10.3. The predicted octanol–water partition coefficient (Wildman–Crippen LogP) is 1.61. The highest BCUT2D eigenvalue weighted by Crippen LogP contribution is 2.28. The Labute approximate surface area is 88.7 Å². The monoisotopic (exact) mass is 242 g/mol. The van der Waals surface area contributed by atoms with E-state index < -0.39 is 10.2 Å². The molecular weight excluding hydrogens is 235 g/mol. The van der Waals surface area contributed by atoms with Gasteiger partial charge < -0.3 is 0 Å². The number of hydrogen-bond donors (Lipinski definition) is 2. The van der Waals surface area contributed by atoms with E-state index in [9.17, 15) is 8.42 Å². The zero-order valence-corrected chi connectivity index (χ0v) is 8.80. The van der Waals surface area contributed by atoms with Crippen LogP contribution in [0.1, 0.15) is 0 Å². The molecule has 1 aromatic carbocycles. The Morgan fingerprint density at radius 1 is 0.923 bits per heavy atom. The standard InChI is InChI=1S/C6H6N2O2S.2ClH/c9-11(10)7-5-3-1-2-4-6(5)8-11;;/h1-4,7-8H;2*1H. The fraction of sp³-hybridized carbons (Fsp3) is 0. The first-order chi connectivity index (χ1) is 5.17. The molecule has 2 rings (SSSR count). The summed E-state index contributed by atoms with van der Waals surface area (Å²) < 4.78 is 26.4. The highest BCUT2D eigenvalue weighted by Gasteiger charge is 2.20. The van der Waals surface area contributed by atoms with Crippen molar-refractivity contribution in [1.82, 2.24) is 0 Å². The van der Waals surface area contributed by atoms with Gasteiger partial charge in [0.15, 0.2) is 0 Å². The number of hydrogen-bond acceptors (Lipinski definition) is 2. The number of para-hydroxylation sites is 2. The molecule has 0 fully saturated rings.